The Morgan fingerprint density at radius 2 is 2.05 bits per heavy atom. The third-order valence-electron chi connectivity index (χ3n) is 2.67. The number of aliphatic hydroxyl groups excluding tert-OH is 1. The van der Waals surface area contributed by atoms with Crippen molar-refractivity contribution in [3.8, 4) is 5.75 Å². The predicted octanol–water partition coefficient (Wildman–Crippen LogP) is 0.167. The van der Waals surface area contributed by atoms with E-state index in [1.807, 2.05) is 0 Å². The van der Waals surface area contributed by atoms with Gasteiger partial charge in [0.1, 0.15) is 0 Å². The number of nitro benzene ring substituents is 1. The molecule has 0 fully saturated rings. The maximum absolute atomic E-state index is 12.0. The Balaban J connectivity index is 3.16. The highest BCUT2D eigenvalue weighted by Gasteiger charge is 2.28. The molecule has 2 atom stereocenters. The van der Waals surface area contributed by atoms with Crippen LogP contribution >= 0.6 is 0 Å². The molecule has 1 aromatic rings. The first kappa shape index (κ1) is 16.4. The number of hydrogen-bond acceptors (Lipinski definition) is 6. The highest BCUT2D eigenvalue weighted by molar-refractivity contribution is 6.00. The maximum atomic E-state index is 12.0. The van der Waals surface area contributed by atoms with Crippen LogP contribution in [0, 0.1) is 10.1 Å². The number of rotatable bonds is 6. The molecular weight excluding hydrogens is 284 g/mol. The fourth-order valence-corrected chi connectivity index (χ4v) is 1.67. The van der Waals surface area contributed by atoms with Gasteiger partial charge in [0.2, 0.25) is 5.75 Å². The van der Waals surface area contributed by atoms with Gasteiger partial charge in [-0.15, -0.1) is 0 Å². The first-order valence-electron chi connectivity index (χ1n) is 5.82. The zero-order valence-corrected chi connectivity index (χ0v) is 11.3. The fraction of sp³-hybridized carbons (Fsp3) is 0.333. The van der Waals surface area contributed by atoms with Crippen molar-refractivity contribution < 1.29 is 29.5 Å². The molecule has 1 amide bonds. The number of methoxy groups -OCH3 is 1. The zero-order valence-electron chi connectivity index (χ0n) is 11.3. The van der Waals surface area contributed by atoms with Crippen molar-refractivity contribution in [2.24, 2.45) is 0 Å². The van der Waals surface area contributed by atoms with Gasteiger partial charge >= 0.3 is 11.7 Å². The molecule has 0 aliphatic carbocycles. The van der Waals surface area contributed by atoms with Crippen LogP contribution in [0.2, 0.25) is 0 Å². The summed E-state index contributed by atoms with van der Waals surface area (Å²) in [5.74, 6) is -2.61. The summed E-state index contributed by atoms with van der Waals surface area (Å²) in [6.07, 6.45) is -1.34. The van der Waals surface area contributed by atoms with Crippen molar-refractivity contribution in [3.05, 3.63) is 33.9 Å². The molecule has 0 bridgehead atoms. The topological polar surface area (TPSA) is 139 Å². The molecule has 9 nitrogen and oxygen atoms in total. The van der Waals surface area contributed by atoms with Gasteiger partial charge in [-0.3, -0.25) is 14.9 Å². The van der Waals surface area contributed by atoms with Gasteiger partial charge in [-0.05, 0) is 13.0 Å². The number of carbonyl (C=O) groups is 2. The Morgan fingerprint density at radius 3 is 2.48 bits per heavy atom. The molecule has 1 aromatic carbocycles. The minimum atomic E-state index is -1.54. The fourth-order valence-electron chi connectivity index (χ4n) is 1.67. The lowest BCUT2D eigenvalue weighted by molar-refractivity contribution is -0.385. The number of aliphatic carboxylic acids is 1. The van der Waals surface area contributed by atoms with Crippen LogP contribution in [-0.4, -0.2) is 46.3 Å². The Labute approximate surface area is 119 Å². The van der Waals surface area contributed by atoms with Gasteiger partial charge in [0, 0.05) is 6.07 Å². The molecule has 3 N–H and O–H groups in total. The van der Waals surface area contributed by atoms with Crippen LogP contribution in [0.4, 0.5) is 5.69 Å². The molecule has 0 aliphatic heterocycles. The second-order valence-electron chi connectivity index (χ2n) is 4.15. The molecule has 0 spiro atoms. The highest BCUT2D eigenvalue weighted by atomic mass is 16.6. The number of benzene rings is 1. The lowest BCUT2D eigenvalue weighted by Crippen LogP contribution is -2.47. The number of ether oxygens (including phenoxy) is 1. The van der Waals surface area contributed by atoms with Gasteiger partial charge < -0.3 is 20.3 Å². The van der Waals surface area contributed by atoms with E-state index < -0.39 is 34.6 Å². The van der Waals surface area contributed by atoms with Crippen LogP contribution in [0.15, 0.2) is 18.2 Å². The summed E-state index contributed by atoms with van der Waals surface area (Å²) < 4.78 is 4.85. The summed E-state index contributed by atoms with van der Waals surface area (Å²) in [7, 11) is 1.16. The number of nitrogens with zero attached hydrogens (tertiary/aromatic N) is 1. The number of amides is 1. The zero-order chi connectivity index (χ0) is 16.2. The van der Waals surface area contributed by atoms with Gasteiger partial charge in [-0.25, -0.2) is 4.79 Å². The third kappa shape index (κ3) is 3.66. The van der Waals surface area contributed by atoms with Crippen molar-refractivity contribution in [1.29, 1.82) is 0 Å². The molecule has 1 rings (SSSR count). The lowest BCUT2D eigenvalue weighted by atomic mass is 10.1. The summed E-state index contributed by atoms with van der Waals surface area (Å²) >= 11 is 0. The SMILES string of the molecule is COc1c(C(=O)NC(C(=O)O)C(C)O)cccc1[N+](=O)[O-]. The molecule has 0 heterocycles. The average Bonchev–Trinajstić information content (AvgIpc) is 2.42. The van der Waals surface area contributed by atoms with E-state index in [9.17, 15) is 24.8 Å². The smallest absolute Gasteiger partial charge is 0.328 e. The van der Waals surface area contributed by atoms with E-state index in [1.165, 1.54) is 19.1 Å². The van der Waals surface area contributed by atoms with Crippen LogP contribution in [0.25, 0.3) is 0 Å². The van der Waals surface area contributed by atoms with E-state index in [0.717, 1.165) is 13.2 Å². The van der Waals surface area contributed by atoms with E-state index in [-0.39, 0.29) is 11.3 Å². The molecule has 114 valence electrons. The van der Waals surface area contributed by atoms with Crippen molar-refractivity contribution in [1.82, 2.24) is 5.32 Å². The van der Waals surface area contributed by atoms with E-state index in [1.54, 1.807) is 0 Å². The van der Waals surface area contributed by atoms with E-state index in [4.69, 9.17) is 9.84 Å². The van der Waals surface area contributed by atoms with E-state index in [2.05, 4.69) is 5.32 Å². The Bertz CT molecular complexity index is 571. The average molecular weight is 298 g/mol. The second kappa shape index (κ2) is 6.66. The van der Waals surface area contributed by atoms with Crippen LogP contribution in [0.5, 0.6) is 5.75 Å². The molecule has 0 radical (unpaired) electrons. The number of nitro groups is 1. The second-order valence-corrected chi connectivity index (χ2v) is 4.15. The maximum Gasteiger partial charge on any atom is 0.328 e. The molecule has 0 saturated heterocycles. The summed E-state index contributed by atoms with van der Waals surface area (Å²) in [5.41, 5.74) is -0.618. The van der Waals surface area contributed by atoms with Crippen LogP contribution in [0.3, 0.4) is 0 Å². The van der Waals surface area contributed by atoms with Gasteiger partial charge in [0.25, 0.3) is 5.91 Å². The van der Waals surface area contributed by atoms with E-state index in [0.29, 0.717) is 0 Å². The number of carboxylic acids is 1. The monoisotopic (exact) mass is 298 g/mol. The minimum absolute atomic E-state index is 0.196. The standard InChI is InChI=1S/C12H14N2O7/c1-6(15)9(12(17)18)13-11(16)7-4-3-5-8(14(19)20)10(7)21-2/h3-6,9,15H,1-2H3,(H,13,16)(H,17,18). The van der Waals surface area contributed by atoms with Crippen LogP contribution < -0.4 is 10.1 Å². The van der Waals surface area contributed by atoms with Gasteiger partial charge in [-0.2, -0.15) is 0 Å². The summed E-state index contributed by atoms with van der Waals surface area (Å²) in [4.78, 5) is 33.1. The van der Waals surface area contributed by atoms with Gasteiger partial charge in [0.05, 0.1) is 23.7 Å². The van der Waals surface area contributed by atoms with Crippen LogP contribution in [-0.2, 0) is 4.79 Å². The minimum Gasteiger partial charge on any atom is -0.490 e. The summed E-state index contributed by atoms with van der Waals surface area (Å²) in [6, 6.07) is 2.14. The van der Waals surface area contributed by atoms with Gasteiger partial charge in [0.15, 0.2) is 6.04 Å². The van der Waals surface area contributed by atoms with Crippen molar-refractivity contribution in [3.63, 3.8) is 0 Å². The summed E-state index contributed by atoms with van der Waals surface area (Å²) in [5, 5.41) is 31.1. The molecular formula is C12H14N2O7. The molecule has 0 aromatic heterocycles. The van der Waals surface area contributed by atoms with E-state index >= 15 is 0 Å². The normalized spacial score (nSPS) is 13.1. The molecule has 2 unspecified atom stereocenters. The Hall–Kier alpha value is -2.68. The number of nitrogens with one attached hydrogen (secondary N) is 1. The number of carbonyl (C=O) groups excluding carboxylic acids is 1. The molecule has 0 saturated carbocycles. The number of para-hydroxylation sites is 1. The highest BCUT2D eigenvalue weighted by Crippen LogP contribution is 2.30. The quantitative estimate of drug-likeness (QED) is 0.502. The Kier molecular flexibility index (Phi) is 5.19. The third-order valence-corrected chi connectivity index (χ3v) is 2.67. The molecule has 21 heavy (non-hydrogen) atoms. The first-order valence-corrected chi connectivity index (χ1v) is 5.82. The van der Waals surface area contributed by atoms with Crippen molar-refractivity contribution >= 4 is 17.6 Å². The first-order chi connectivity index (χ1) is 9.79. The van der Waals surface area contributed by atoms with Gasteiger partial charge in [-0.1, -0.05) is 6.07 Å². The number of aliphatic hydroxyl groups is 1. The number of carboxylic acid groups (broad SMARTS) is 1. The molecule has 0 aliphatic rings. The predicted molar refractivity (Wildman–Crippen MR) is 70.2 cm³/mol. The molecule has 9 heteroatoms. The lowest BCUT2D eigenvalue weighted by Gasteiger charge is -2.17. The van der Waals surface area contributed by atoms with Crippen molar-refractivity contribution in [2.45, 2.75) is 19.1 Å². The van der Waals surface area contributed by atoms with Crippen molar-refractivity contribution in [2.75, 3.05) is 7.11 Å². The Morgan fingerprint density at radius 1 is 1.43 bits per heavy atom. The largest absolute Gasteiger partial charge is 0.490 e. The summed E-state index contributed by atoms with van der Waals surface area (Å²) in [6.45, 7) is 1.20. The number of hydrogen-bond donors (Lipinski definition) is 3. The van der Waals surface area contributed by atoms with Crippen LogP contribution in [0.1, 0.15) is 17.3 Å².